The summed E-state index contributed by atoms with van der Waals surface area (Å²) >= 11 is 0. The third-order valence-corrected chi connectivity index (χ3v) is 4.63. The molecule has 2 aromatic rings. The van der Waals surface area contributed by atoms with Crippen LogP contribution >= 0.6 is 0 Å². The zero-order valence-electron chi connectivity index (χ0n) is 14.7. The van der Waals surface area contributed by atoms with Gasteiger partial charge in [-0.1, -0.05) is 23.7 Å². The standard InChI is InChI=1S/C19H24FN3O2/c1-14-12-17(21-25-14)13-22(2)19(24)18(23-10-4-3-5-11-23)15-6-8-16(20)9-7-15/h6-9,12,18H,3-5,10-11,13H2,1-2H3/t18-/m0/s1. The molecule has 1 atom stereocenters. The average molecular weight is 345 g/mol. The van der Waals surface area contributed by atoms with Gasteiger partial charge in [-0.05, 0) is 50.6 Å². The van der Waals surface area contributed by atoms with Crippen LogP contribution in [-0.4, -0.2) is 41.0 Å². The van der Waals surface area contributed by atoms with Crippen molar-refractivity contribution in [2.45, 2.75) is 38.8 Å². The van der Waals surface area contributed by atoms with Gasteiger partial charge in [0, 0.05) is 13.1 Å². The Morgan fingerprint density at radius 3 is 2.56 bits per heavy atom. The van der Waals surface area contributed by atoms with E-state index in [0.717, 1.165) is 42.9 Å². The molecule has 1 saturated heterocycles. The number of piperidine rings is 1. The molecule has 1 aliphatic rings. The van der Waals surface area contributed by atoms with E-state index in [1.165, 1.54) is 18.6 Å². The van der Waals surface area contributed by atoms with Gasteiger partial charge in [0.2, 0.25) is 5.91 Å². The molecule has 1 fully saturated rings. The van der Waals surface area contributed by atoms with E-state index in [-0.39, 0.29) is 17.8 Å². The summed E-state index contributed by atoms with van der Waals surface area (Å²) in [5.41, 5.74) is 1.56. The molecule has 0 aliphatic carbocycles. The maximum absolute atomic E-state index is 13.3. The first kappa shape index (κ1) is 17.6. The third-order valence-electron chi connectivity index (χ3n) is 4.63. The van der Waals surface area contributed by atoms with Crippen molar-refractivity contribution in [2.75, 3.05) is 20.1 Å². The highest BCUT2D eigenvalue weighted by atomic mass is 19.1. The minimum Gasteiger partial charge on any atom is -0.361 e. The summed E-state index contributed by atoms with van der Waals surface area (Å²) in [5, 5.41) is 3.96. The van der Waals surface area contributed by atoms with Gasteiger partial charge in [0.05, 0.1) is 6.54 Å². The summed E-state index contributed by atoms with van der Waals surface area (Å²) in [6.07, 6.45) is 3.35. The van der Waals surface area contributed by atoms with E-state index in [1.807, 2.05) is 13.0 Å². The van der Waals surface area contributed by atoms with Crippen LogP contribution in [0.1, 0.15) is 42.3 Å². The first-order valence-corrected chi connectivity index (χ1v) is 8.71. The molecule has 1 aromatic heterocycles. The summed E-state index contributed by atoms with van der Waals surface area (Å²) in [6, 6.07) is 7.69. The molecule has 0 unspecified atom stereocenters. The van der Waals surface area contributed by atoms with Crippen molar-refractivity contribution in [1.29, 1.82) is 0 Å². The first-order chi connectivity index (χ1) is 12.0. The van der Waals surface area contributed by atoms with Crippen LogP contribution < -0.4 is 0 Å². The lowest BCUT2D eigenvalue weighted by Crippen LogP contribution is -2.43. The number of aromatic nitrogens is 1. The largest absolute Gasteiger partial charge is 0.361 e. The average Bonchev–Trinajstić information content (AvgIpc) is 3.02. The zero-order valence-corrected chi connectivity index (χ0v) is 14.7. The second kappa shape index (κ2) is 7.78. The van der Waals surface area contributed by atoms with E-state index in [2.05, 4.69) is 10.1 Å². The smallest absolute Gasteiger partial charge is 0.244 e. The molecular weight excluding hydrogens is 321 g/mol. The molecule has 134 valence electrons. The number of amides is 1. The number of likely N-dealkylation sites (N-methyl/N-ethyl adjacent to an activating group) is 1. The Labute approximate surface area is 147 Å². The molecule has 25 heavy (non-hydrogen) atoms. The van der Waals surface area contributed by atoms with Crippen molar-refractivity contribution in [3.8, 4) is 0 Å². The molecule has 6 heteroatoms. The number of halogens is 1. The van der Waals surface area contributed by atoms with Crippen LogP contribution in [0, 0.1) is 12.7 Å². The Morgan fingerprint density at radius 2 is 1.96 bits per heavy atom. The van der Waals surface area contributed by atoms with Gasteiger partial charge < -0.3 is 9.42 Å². The van der Waals surface area contributed by atoms with Crippen LogP contribution in [0.5, 0.6) is 0 Å². The third kappa shape index (κ3) is 4.25. The number of aryl methyl sites for hydroxylation is 1. The molecule has 0 spiro atoms. The van der Waals surface area contributed by atoms with Crippen molar-refractivity contribution in [1.82, 2.24) is 15.0 Å². The Balaban J connectivity index is 1.81. The van der Waals surface area contributed by atoms with Gasteiger partial charge in [-0.25, -0.2) is 4.39 Å². The van der Waals surface area contributed by atoms with E-state index >= 15 is 0 Å². The minimum absolute atomic E-state index is 0.00541. The van der Waals surface area contributed by atoms with E-state index in [4.69, 9.17) is 4.52 Å². The second-order valence-corrected chi connectivity index (χ2v) is 6.67. The molecule has 1 aromatic carbocycles. The summed E-state index contributed by atoms with van der Waals surface area (Å²) in [6.45, 7) is 3.98. The maximum Gasteiger partial charge on any atom is 0.244 e. The molecule has 2 heterocycles. The summed E-state index contributed by atoms with van der Waals surface area (Å²) < 4.78 is 18.4. The number of hydrogen-bond acceptors (Lipinski definition) is 4. The fraction of sp³-hybridized carbons (Fsp3) is 0.474. The summed E-state index contributed by atoms with van der Waals surface area (Å²) in [7, 11) is 1.77. The first-order valence-electron chi connectivity index (χ1n) is 8.71. The van der Waals surface area contributed by atoms with Gasteiger partial charge in [-0.15, -0.1) is 0 Å². The highest BCUT2D eigenvalue weighted by Gasteiger charge is 2.31. The number of carbonyl (C=O) groups excluding carboxylic acids is 1. The van der Waals surface area contributed by atoms with Crippen LogP contribution in [-0.2, 0) is 11.3 Å². The predicted molar refractivity (Wildman–Crippen MR) is 92.3 cm³/mol. The van der Waals surface area contributed by atoms with Crippen LogP contribution in [0.4, 0.5) is 4.39 Å². The van der Waals surface area contributed by atoms with Gasteiger partial charge in [-0.2, -0.15) is 0 Å². The van der Waals surface area contributed by atoms with E-state index in [1.54, 1.807) is 24.1 Å². The second-order valence-electron chi connectivity index (χ2n) is 6.67. The molecular formula is C19H24FN3O2. The van der Waals surface area contributed by atoms with E-state index in [9.17, 15) is 9.18 Å². The van der Waals surface area contributed by atoms with Crippen molar-refractivity contribution in [3.05, 3.63) is 53.2 Å². The van der Waals surface area contributed by atoms with Gasteiger partial charge in [-0.3, -0.25) is 9.69 Å². The lowest BCUT2D eigenvalue weighted by atomic mass is 10.0. The lowest BCUT2D eigenvalue weighted by Gasteiger charge is -2.35. The van der Waals surface area contributed by atoms with Gasteiger partial charge in [0.15, 0.2) is 0 Å². The van der Waals surface area contributed by atoms with Crippen LogP contribution in [0.2, 0.25) is 0 Å². The molecule has 1 amide bonds. The highest BCUT2D eigenvalue weighted by Crippen LogP contribution is 2.27. The fourth-order valence-electron chi connectivity index (χ4n) is 3.35. The fourth-order valence-corrected chi connectivity index (χ4v) is 3.35. The van der Waals surface area contributed by atoms with Crippen molar-refractivity contribution < 1.29 is 13.7 Å². The Bertz CT molecular complexity index is 708. The van der Waals surface area contributed by atoms with Crippen LogP contribution in [0.25, 0.3) is 0 Å². The zero-order chi connectivity index (χ0) is 17.8. The molecule has 0 saturated carbocycles. The molecule has 0 bridgehead atoms. The number of hydrogen-bond donors (Lipinski definition) is 0. The maximum atomic E-state index is 13.3. The van der Waals surface area contributed by atoms with Crippen LogP contribution in [0.3, 0.4) is 0 Å². The number of carbonyl (C=O) groups is 1. The number of rotatable bonds is 5. The molecule has 1 aliphatic heterocycles. The molecule has 0 radical (unpaired) electrons. The summed E-state index contributed by atoms with van der Waals surface area (Å²) in [4.78, 5) is 17.0. The molecule has 0 N–H and O–H groups in total. The number of benzene rings is 1. The summed E-state index contributed by atoms with van der Waals surface area (Å²) in [5.74, 6) is 0.427. The Kier molecular flexibility index (Phi) is 5.48. The Hall–Kier alpha value is -2.21. The van der Waals surface area contributed by atoms with Crippen molar-refractivity contribution >= 4 is 5.91 Å². The normalized spacial score (nSPS) is 16.6. The van der Waals surface area contributed by atoms with Gasteiger partial charge >= 0.3 is 0 Å². The Morgan fingerprint density at radius 1 is 1.28 bits per heavy atom. The van der Waals surface area contributed by atoms with Crippen molar-refractivity contribution in [2.24, 2.45) is 0 Å². The lowest BCUT2D eigenvalue weighted by molar-refractivity contribution is -0.137. The van der Waals surface area contributed by atoms with Crippen LogP contribution in [0.15, 0.2) is 34.9 Å². The quantitative estimate of drug-likeness (QED) is 0.834. The predicted octanol–water partition coefficient (Wildman–Crippen LogP) is 3.31. The molecule has 3 rings (SSSR count). The SMILES string of the molecule is Cc1cc(CN(C)C(=O)[C@H](c2ccc(F)cc2)N2CCCCC2)no1. The topological polar surface area (TPSA) is 49.6 Å². The number of nitrogens with zero attached hydrogens (tertiary/aromatic N) is 3. The molecule has 5 nitrogen and oxygen atoms in total. The van der Waals surface area contributed by atoms with E-state index in [0.29, 0.717) is 6.54 Å². The van der Waals surface area contributed by atoms with Gasteiger partial charge in [0.25, 0.3) is 0 Å². The number of likely N-dealkylation sites (tertiary alicyclic amines) is 1. The monoisotopic (exact) mass is 345 g/mol. The minimum atomic E-state index is -0.390. The van der Waals surface area contributed by atoms with E-state index < -0.39 is 0 Å². The van der Waals surface area contributed by atoms with Crippen molar-refractivity contribution in [3.63, 3.8) is 0 Å². The highest BCUT2D eigenvalue weighted by molar-refractivity contribution is 5.83. The van der Waals surface area contributed by atoms with Gasteiger partial charge in [0.1, 0.15) is 23.3 Å².